The van der Waals surface area contributed by atoms with Gasteiger partial charge in [-0.05, 0) is 92.0 Å². The topological polar surface area (TPSA) is 58.9 Å². The number of phenols is 1. The fourth-order valence-corrected chi connectivity index (χ4v) is 9.02. The summed E-state index contributed by atoms with van der Waals surface area (Å²) in [6, 6.07) is 48.9. The van der Waals surface area contributed by atoms with Crippen molar-refractivity contribution in [3.8, 4) is 73.0 Å². The number of benzene rings is 6. The number of phenolic OH excluding ortho intramolecular Hbond substituents is 1. The van der Waals surface area contributed by atoms with Crippen molar-refractivity contribution in [1.82, 2.24) is 15.0 Å². The normalized spacial score (nSPS) is 14.4. The molecule has 1 N–H and O–H groups in total. The zero-order valence-electron chi connectivity index (χ0n) is 30.1. The third kappa shape index (κ3) is 4.65. The van der Waals surface area contributed by atoms with Crippen LogP contribution in [-0.4, -0.2) is 20.1 Å². The molecule has 0 aliphatic heterocycles. The zero-order valence-corrected chi connectivity index (χ0v) is 30.1. The Morgan fingerprint density at radius 2 is 0.962 bits per heavy atom. The molecule has 2 aliphatic carbocycles. The molecule has 53 heavy (non-hydrogen) atoms. The molecule has 2 aliphatic rings. The van der Waals surface area contributed by atoms with Crippen LogP contribution in [0.25, 0.3) is 78.2 Å². The van der Waals surface area contributed by atoms with Crippen LogP contribution in [-0.2, 0) is 10.8 Å². The molecule has 0 bridgehead atoms. The van der Waals surface area contributed by atoms with Crippen LogP contribution in [0, 0.1) is 0 Å². The molecular weight excluding hydrogens is 647 g/mol. The molecule has 2 aromatic heterocycles. The number of pyridine rings is 1. The minimum Gasteiger partial charge on any atom is -0.506 e. The first-order valence-electron chi connectivity index (χ1n) is 18.3. The van der Waals surface area contributed by atoms with Gasteiger partial charge in [0.25, 0.3) is 0 Å². The maximum Gasteiger partial charge on any atom is 0.160 e. The predicted octanol–water partition coefficient (Wildman–Crippen LogP) is 12.0. The van der Waals surface area contributed by atoms with Gasteiger partial charge >= 0.3 is 0 Å². The van der Waals surface area contributed by atoms with E-state index in [1.54, 1.807) is 12.3 Å². The van der Waals surface area contributed by atoms with E-state index >= 15 is 0 Å². The van der Waals surface area contributed by atoms with Crippen molar-refractivity contribution >= 4 is 10.9 Å². The minimum atomic E-state index is -0.258. The van der Waals surface area contributed by atoms with Crippen molar-refractivity contribution in [2.45, 2.75) is 38.5 Å². The first-order valence-corrected chi connectivity index (χ1v) is 18.3. The van der Waals surface area contributed by atoms with Gasteiger partial charge in [0, 0.05) is 39.1 Å². The van der Waals surface area contributed by atoms with Crippen LogP contribution in [0.5, 0.6) is 5.75 Å². The van der Waals surface area contributed by atoms with Crippen molar-refractivity contribution in [2.24, 2.45) is 0 Å². The quantitative estimate of drug-likeness (QED) is 0.201. The summed E-state index contributed by atoms with van der Waals surface area (Å²) in [7, 11) is 0. The van der Waals surface area contributed by atoms with E-state index in [1.807, 2.05) is 30.3 Å². The van der Waals surface area contributed by atoms with Gasteiger partial charge in [0.15, 0.2) is 5.82 Å². The van der Waals surface area contributed by atoms with E-state index in [0.717, 1.165) is 50.4 Å². The van der Waals surface area contributed by atoms with Gasteiger partial charge in [-0.15, -0.1) is 0 Å². The van der Waals surface area contributed by atoms with E-state index in [1.165, 1.54) is 44.5 Å². The molecule has 0 atom stereocenters. The van der Waals surface area contributed by atoms with E-state index in [4.69, 9.17) is 9.97 Å². The van der Waals surface area contributed by atoms with Gasteiger partial charge < -0.3 is 5.11 Å². The highest BCUT2D eigenvalue weighted by atomic mass is 16.3. The number of nitrogens with zero attached hydrogens (tertiary/aromatic N) is 3. The fourth-order valence-electron chi connectivity index (χ4n) is 9.02. The van der Waals surface area contributed by atoms with E-state index in [0.29, 0.717) is 5.52 Å². The van der Waals surface area contributed by atoms with Crippen LogP contribution in [0.3, 0.4) is 0 Å². The summed E-state index contributed by atoms with van der Waals surface area (Å²) in [5.41, 5.74) is 17.9. The second-order valence-electron chi connectivity index (χ2n) is 15.4. The average molecular weight is 684 g/mol. The molecule has 0 radical (unpaired) electrons. The largest absolute Gasteiger partial charge is 0.506 e. The highest BCUT2D eigenvalue weighted by Gasteiger charge is 2.46. The zero-order chi connectivity index (χ0) is 36.1. The van der Waals surface area contributed by atoms with Gasteiger partial charge in [-0.25, -0.2) is 9.97 Å². The number of aromatic nitrogens is 3. The molecule has 0 spiro atoms. The molecule has 4 nitrogen and oxygen atoms in total. The molecular formula is C49H37N3O. The van der Waals surface area contributed by atoms with Crippen molar-refractivity contribution in [2.75, 3.05) is 0 Å². The summed E-state index contributed by atoms with van der Waals surface area (Å²) in [5, 5.41) is 11.5. The highest BCUT2D eigenvalue weighted by Crippen LogP contribution is 2.59. The van der Waals surface area contributed by atoms with Gasteiger partial charge in [0.2, 0.25) is 0 Å². The Hall–Kier alpha value is -6.39. The molecule has 0 fully saturated rings. The maximum absolute atomic E-state index is 10.5. The van der Waals surface area contributed by atoms with Gasteiger partial charge in [0.05, 0.1) is 11.4 Å². The predicted molar refractivity (Wildman–Crippen MR) is 216 cm³/mol. The molecule has 0 saturated carbocycles. The molecule has 2 heterocycles. The summed E-state index contributed by atoms with van der Waals surface area (Å²) < 4.78 is 0. The SMILES string of the molecule is CC1(C)c2cc(-c3nc(-c4ccccc4)cc(-c4ccccc4)n3)ccc2-c2ccc3c(c21)C(C)(C)c1cc(-c2ccc(O)c4ncccc24)ccc1-3. The summed E-state index contributed by atoms with van der Waals surface area (Å²) in [6.07, 6.45) is 1.73. The van der Waals surface area contributed by atoms with Gasteiger partial charge in [-0.1, -0.05) is 131 Å². The lowest BCUT2D eigenvalue weighted by atomic mass is 9.72. The third-order valence-corrected chi connectivity index (χ3v) is 11.6. The molecule has 10 rings (SSSR count). The van der Waals surface area contributed by atoms with Crippen LogP contribution in [0.1, 0.15) is 49.9 Å². The smallest absolute Gasteiger partial charge is 0.160 e. The monoisotopic (exact) mass is 683 g/mol. The fraction of sp³-hybridized carbons (Fsp3) is 0.122. The van der Waals surface area contributed by atoms with Gasteiger partial charge in [0.1, 0.15) is 11.3 Å². The third-order valence-electron chi connectivity index (χ3n) is 11.6. The first-order chi connectivity index (χ1) is 25.7. The van der Waals surface area contributed by atoms with Crippen LogP contribution in [0.2, 0.25) is 0 Å². The Labute approximate surface area is 309 Å². The lowest BCUT2D eigenvalue weighted by molar-refractivity contribution is 0.480. The highest BCUT2D eigenvalue weighted by molar-refractivity contribution is 5.99. The van der Waals surface area contributed by atoms with Crippen LogP contribution in [0.4, 0.5) is 0 Å². The van der Waals surface area contributed by atoms with Crippen LogP contribution < -0.4 is 0 Å². The van der Waals surface area contributed by atoms with E-state index < -0.39 is 0 Å². The molecule has 6 aromatic carbocycles. The van der Waals surface area contributed by atoms with E-state index in [-0.39, 0.29) is 16.6 Å². The molecule has 4 heteroatoms. The van der Waals surface area contributed by atoms with Gasteiger partial charge in [-0.2, -0.15) is 0 Å². The lowest BCUT2D eigenvalue weighted by Gasteiger charge is -2.31. The van der Waals surface area contributed by atoms with E-state index in [2.05, 4.69) is 136 Å². The molecule has 254 valence electrons. The number of aromatic hydroxyl groups is 1. The van der Waals surface area contributed by atoms with Crippen molar-refractivity contribution in [3.63, 3.8) is 0 Å². The Balaban J connectivity index is 1.09. The van der Waals surface area contributed by atoms with Crippen molar-refractivity contribution < 1.29 is 5.11 Å². The Kier molecular flexibility index (Phi) is 6.69. The van der Waals surface area contributed by atoms with Crippen molar-refractivity contribution in [1.29, 1.82) is 0 Å². The Morgan fingerprint density at radius 3 is 1.55 bits per heavy atom. The van der Waals surface area contributed by atoms with Gasteiger partial charge in [-0.3, -0.25) is 4.98 Å². The maximum atomic E-state index is 10.5. The molecule has 0 saturated heterocycles. The summed E-state index contributed by atoms with van der Waals surface area (Å²) >= 11 is 0. The second kappa shape index (κ2) is 11.3. The number of rotatable bonds is 4. The average Bonchev–Trinajstić information content (AvgIpc) is 3.57. The Bertz CT molecular complexity index is 2730. The van der Waals surface area contributed by atoms with E-state index in [9.17, 15) is 5.11 Å². The summed E-state index contributed by atoms with van der Waals surface area (Å²) in [4.78, 5) is 14.8. The first kappa shape index (κ1) is 31.4. The summed E-state index contributed by atoms with van der Waals surface area (Å²) in [6.45, 7) is 9.49. The van der Waals surface area contributed by atoms with Crippen LogP contribution in [0.15, 0.2) is 146 Å². The lowest BCUT2D eigenvalue weighted by Crippen LogP contribution is -2.24. The minimum absolute atomic E-state index is 0.200. The number of hydrogen-bond acceptors (Lipinski definition) is 4. The van der Waals surface area contributed by atoms with Crippen molar-refractivity contribution in [3.05, 3.63) is 168 Å². The molecule has 8 aromatic rings. The summed E-state index contributed by atoms with van der Waals surface area (Å²) in [5.74, 6) is 0.924. The number of fused-ring (bicyclic) bond motifs is 8. The van der Waals surface area contributed by atoms with Crippen LogP contribution >= 0.6 is 0 Å². The Morgan fingerprint density at radius 1 is 0.453 bits per heavy atom. The second-order valence-corrected chi connectivity index (χ2v) is 15.4. The number of hydrogen-bond donors (Lipinski definition) is 1. The molecule has 0 amide bonds. The molecule has 0 unspecified atom stereocenters. The standard InChI is InChI=1S/C49H37N3O/c1-48(2)39-26-31(33-23-24-43(53)46-38(33)16-11-25-50-46)17-19-34(39)36-21-22-37-35-20-18-32(27-40(35)49(3,4)45(37)44(36)48)47-51-41(29-12-7-5-8-13-29)28-42(52-47)30-14-9-6-10-15-30/h5-28,53H,1-4H3.